The topological polar surface area (TPSA) is 90.8 Å². The lowest BCUT2D eigenvalue weighted by Gasteiger charge is -2.16. The van der Waals surface area contributed by atoms with Gasteiger partial charge in [0, 0.05) is 25.2 Å². The Labute approximate surface area is 129 Å². The van der Waals surface area contributed by atoms with Gasteiger partial charge in [-0.2, -0.15) is 0 Å². The average Bonchev–Trinajstić information content (AvgIpc) is 2.83. The van der Waals surface area contributed by atoms with Gasteiger partial charge in [0.2, 0.25) is 0 Å². The van der Waals surface area contributed by atoms with E-state index >= 15 is 0 Å². The van der Waals surface area contributed by atoms with Gasteiger partial charge in [0.15, 0.2) is 15.8 Å². The van der Waals surface area contributed by atoms with E-state index in [1.54, 1.807) is 19.2 Å². The third kappa shape index (κ3) is 4.41. The van der Waals surface area contributed by atoms with E-state index in [2.05, 4.69) is 15.6 Å². The number of rotatable bonds is 4. The van der Waals surface area contributed by atoms with Crippen LogP contribution in [0.25, 0.3) is 0 Å². The molecule has 0 aliphatic carbocycles. The molecule has 1 aliphatic heterocycles. The Morgan fingerprint density at radius 3 is 2.86 bits per heavy atom. The van der Waals surface area contributed by atoms with E-state index in [0.29, 0.717) is 18.9 Å². The number of aliphatic hydroxyl groups is 1. The van der Waals surface area contributed by atoms with Crippen LogP contribution in [0.1, 0.15) is 17.5 Å². The zero-order chi connectivity index (χ0) is 16.2. The number of sulfone groups is 1. The minimum atomic E-state index is -2.94. The third-order valence-electron chi connectivity index (χ3n) is 3.54. The maximum atomic E-state index is 13.3. The summed E-state index contributed by atoms with van der Waals surface area (Å²) in [5.41, 5.74) is 1.04. The number of hydrogen-bond acceptors (Lipinski definition) is 4. The summed E-state index contributed by atoms with van der Waals surface area (Å²) in [5.74, 6) is 0.361. The van der Waals surface area contributed by atoms with Gasteiger partial charge in [-0.05, 0) is 24.1 Å². The molecular weight excluding hydrogens is 309 g/mol. The predicted molar refractivity (Wildman–Crippen MR) is 82.7 cm³/mol. The maximum Gasteiger partial charge on any atom is 0.191 e. The molecule has 1 atom stereocenters. The fourth-order valence-corrected chi connectivity index (χ4v) is 4.02. The van der Waals surface area contributed by atoms with E-state index in [9.17, 15) is 12.8 Å². The number of halogens is 1. The highest BCUT2D eigenvalue weighted by atomic mass is 32.2. The molecule has 1 aliphatic rings. The number of benzene rings is 1. The van der Waals surface area contributed by atoms with E-state index in [-0.39, 0.29) is 29.7 Å². The van der Waals surface area contributed by atoms with Crippen LogP contribution in [0, 0.1) is 5.82 Å². The second kappa shape index (κ2) is 7.06. The summed E-state index contributed by atoms with van der Waals surface area (Å²) in [6.45, 7) is 0.0407. The number of nitrogens with zero attached hydrogens (tertiary/aromatic N) is 1. The maximum absolute atomic E-state index is 13.3. The number of aliphatic hydroxyl groups excluding tert-OH is 1. The van der Waals surface area contributed by atoms with Gasteiger partial charge in [0.05, 0.1) is 18.1 Å². The summed E-state index contributed by atoms with van der Waals surface area (Å²) >= 11 is 0. The van der Waals surface area contributed by atoms with Gasteiger partial charge in [-0.15, -0.1) is 0 Å². The van der Waals surface area contributed by atoms with Crippen molar-refractivity contribution in [2.45, 2.75) is 25.6 Å². The van der Waals surface area contributed by atoms with Gasteiger partial charge in [-0.1, -0.05) is 6.07 Å². The molecule has 1 aromatic rings. The second-order valence-corrected chi connectivity index (χ2v) is 7.48. The number of hydrogen-bond donors (Lipinski definition) is 3. The van der Waals surface area contributed by atoms with Gasteiger partial charge >= 0.3 is 0 Å². The molecule has 0 spiro atoms. The van der Waals surface area contributed by atoms with Crippen molar-refractivity contribution in [2.75, 3.05) is 18.6 Å². The SMILES string of the molecule is CN=C(NCc1ccc(F)c(CO)c1)NC1CCS(=O)(=O)C1. The van der Waals surface area contributed by atoms with Crippen molar-refractivity contribution in [1.29, 1.82) is 0 Å². The van der Waals surface area contributed by atoms with Gasteiger partial charge in [-0.25, -0.2) is 12.8 Å². The molecule has 0 radical (unpaired) electrons. The highest BCUT2D eigenvalue weighted by Gasteiger charge is 2.28. The van der Waals surface area contributed by atoms with Gasteiger partial charge < -0.3 is 15.7 Å². The van der Waals surface area contributed by atoms with Crippen molar-refractivity contribution < 1.29 is 17.9 Å². The lowest BCUT2D eigenvalue weighted by molar-refractivity contribution is 0.275. The van der Waals surface area contributed by atoms with Crippen molar-refractivity contribution in [3.05, 3.63) is 35.1 Å². The van der Waals surface area contributed by atoms with Crippen LogP contribution >= 0.6 is 0 Å². The Morgan fingerprint density at radius 2 is 2.27 bits per heavy atom. The first-order valence-electron chi connectivity index (χ1n) is 6.99. The first kappa shape index (κ1) is 16.7. The zero-order valence-electron chi connectivity index (χ0n) is 12.3. The summed E-state index contributed by atoms with van der Waals surface area (Å²) < 4.78 is 36.2. The first-order chi connectivity index (χ1) is 10.4. The highest BCUT2D eigenvalue weighted by Crippen LogP contribution is 2.12. The van der Waals surface area contributed by atoms with Crippen molar-refractivity contribution in [3.63, 3.8) is 0 Å². The number of aliphatic imine (C=N–C) groups is 1. The van der Waals surface area contributed by atoms with E-state index in [1.807, 2.05) is 0 Å². The molecule has 2 rings (SSSR count). The van der Waals surface area contributed by atoms with Crippen LogP contribution in [0.4, 0.5) is 4.39 Å². The van der Waals surface area contributed by atoms with Crippen LogP contribution in [0.5, 0.6) is 0 Å². The van der Waals surface area contributed by atoms with Crippen LogP contribution < -0.4 is 10.6 Å². The fraction of sp³-hybridized carbons (Fsp3) is 0.500. The van der Waals surface area contributed by atoms with Crippen LogP contribution in [0.3, 0.4) is 0 Å². The summed E-state index contributed by atoms with van der Waals surface area (Å²) in [6, 6.07) is 4.37. The Balaban J connectivity index is 1.92. The van der Waals surface area contributed by atoms with Crippen LogP contribution in [-0.4, -0.2) is 44.1 Å². The van der Waals surface area contributed by atoms with Gasteiger partial charge in [-0.3, -0.25) is 4.99 Å². The summed E-state index contributed by atoms with van der Waals surface area (Å²) in [4.78, 5) is 4.05. The fourth-order valence-electron chi connectivity index (χ4n) is 2.34. The second-order valence-electron chi connectivity index (χ2n) is 5.25. The Kier molecular flexibility index (Phi) is 5.36. The molecule has 1 heterocycles. The van der Waals surface area contributed by atoms with E-state index in [1.165, 1.54) is 6.07 Å². The van der Waals surface area contributed by atoms with Crippen LogP contribution in [0.15, 0.2) is 23.2 Å². The number of nitrogens with one attached hydrogen (secondary N) is 2. The molecule has 3 N–H and O–H groups in total. The summed E-state index contributed by atoms with van der Waals surface area (Å²) in [6.07, 6.45) is 0.564. The van der Waals surface area contributed by atoms with E-state index in [4.69, 9.17) is 5.11 Å². The van der Waals surface area contributed by atoms with Crippen LogP contribution in [0.2, 0.25) is 0 Å². The van der Waals surface area contributed by atoms with Crippen molar-refractivity contribution >= 4 is 15.8 Å². The van der Waals surface area contributed by atoms with Crippen molar-refractivity contribution in [2.24, 2.45) is 4.99 Å². The molecule has 0 saturated carbocycles. The molecule has 1 aromatic carbocycles. The minimum absolute atomic E-state index is 0.110. The quantitative estimate of drug-likeness (QED) is 0.541. The molecule has 22 heavy (non-hydrogen) atoms. The Bertz CT molecular complexity index is 661. The van der Waals surface area contributed by atoms with Crippen LogP contribution in [-0.2, 0) is 23.0 Å². The molecular formula is C14H20FN3O3S. The molecule has 1 fully saturated rings. The lowest BCUT2D eigenvalue weighted by Crippen LogP contribution is -2.43. The molecule has 1 unspecified atom stereocenters. The first-order valence-corrected chi connectivity index (χ1v) is 8.81. The minimum Gasteiger partial charge on any atom is -0.392 e. The molecule has 122 valence electrons. The monoisotopic (exact) mass is 329 g/mol. The Morgan fingerprint density at radius 1 is 1.50 bits per heavy atom. The van der Waals surface area contributed by atoms with Crippen molar-refractivity contribution in [1.82, 2.24) is 10.6 Å². The Hall–Kier alpha value is -1.67. The lowest BCUT2D eigenvalue weighted by atomic mass is 10.1. The summed E-state index contributed by atoms with van der Waals surface area (Å²) in [7, 11) is -1.35. The largest absolute Gasteiger partial charge is 0.392 e. The molecule has 1 saturated heterocycles. The average molecular weight is 329 g/mol. The standard InChI is InChI=1S/C14H20FN3O3S/c1-16-14(18-12-4-5-22(20,21)9-12)17-7-10-2-3-13(15)11(6-10)8-19/h2-3,6,12,19H,4-5,7-9H2,1H3,(H2,16,17,18). The smallest absolute Gasteiger partial charge is 0.191 e. The van der Waals surface area contributed by atoms with Gasteiger partial charge in [0.25, 0.3) is 0 Å². The molecule has 0 aromatic heterocycles. The van der Waals surface area contributed by atoms with E-state index in [0.717, 1.165) is 5.56 Å². The molecule has 6 nitrogen and oxygen atoms in total. The highest BCUT2D eigenvalue weighted by molar-refractivity contribution is 7.91. The normalized spacial score (nSPS) is 20.9. The third-order valence-corrected chi connectivity index (χ3v) is 5.31. The van der Waals surface area contributed by atoms with E-state index < -0.39 is 15.7 Å². The van der Waals surface area contributed by atoms with Crippen molar-refractivity contribution in [3.8, 4) is 0 Å². The molecule has 0 amide bonds. The van der Waals surface area contributed by atoms with Gasteiger partial charge in [0.1, 0.15) is 5.82 Å². The summed E-state index contributed by atoms with van der Waals surface area (Å²) in [5, 5.41) is 15.2. The molecule has 8 heteroatoms. The predicted octanol–water partition coefficient (Wildman–Crippen LogP) is 0.170. The number of guanidine groups is 1. The molecule has 0 bridgehead atoms. The zero-order valence-corrected chi connectivity index (χ0v) is 13.2.